The first-order valence-electron chi connectivity index (χ1n) is 10.4. The second-order valence-corrected chi connectivity index (χ2v) is 8.49. The van der Waals surface area contributed by atoms with Gasteiger partial charge in [-0.15, -0.1) is 0 Å². The van der Waals surface area contributed by atoms with Gasteiger partial charge in [0.1, 0.15) is 5.75 Å². The molecule has 3 aromatic carbocycles. The molecule has 6 heteroatoms. The van der Waals surface area contributed by atoms with Crippen LogP contribution in [-0.4, -0.2) is 23.9 Å². The van der Waals surface area contributed by atoms with Crippen LogP contribution in [0.3, 0.4) is 0 Å². The Kier molecular flexibility index (Phi) is 7.13. The molecule has 4 rings (SSSR count). The minimum absolute atomic E-state index is 0.000864. The molecule has 1 aliphatic rings. The van der Waals surface area contributed by atoms with Crippen LogP contribution in [0.15, 0.2) is 72.8 Å². The number of carbonyl (C=O) groups excluding carboxylic acids is 1. The van der Waals surface area contributed by atoms with E-state index in [4.69, 9.17) is 27.9 Å². The summed E-state index contributed by atoms with van der Waals surface area (Å²) >= 11 is 12.7. The molecule has 0 spiro atoms. The van der Waals surface area contributed by atoms with Crippen LogP contribution in [0, 0.1) is 5.92 Å². The van der Waals surface area contributed by atoms with Crippen LogP contribution < -0.4 is 10.1 Å². The van der Waals surface area contributed by atoms with Crippen molar-refractivity contribution in [1.29, 1.82) is 0 Å². The first-order chi connectivity index (χ1) is 15.1. The summed E-state index contributed by atoms with van der Waals surface area (Å²) in [6.45, 7) is 2.21. The van der Waals surface area contributed by atoms with Gasteiger partial charge >= 0.3 is 0 Å². The first kappa shape index (κ1) is 21.7. The van der Waals surface area contributed by atoms with Crippen molar-refractivity contribution in [2.24, 2.45) is 5.92 Å². The number of nitrogens with zero attached hydrogens (tertiary/aromatic N) is 1. The number of hydrogen-bond acceptors (Lipinski definition) is 3. The number of nitrogens with one attached hydrogen (secondary N) is 1. The van der Waals surface area contributed by atoms with Crippen molar-refractivity contribution in [1.82, 2.24) is 4.90 Å². The molecule has 0 bridgehead atoms. The number of anilines is 1. The standard InChI is InChI=1S/C25H24Cl2N2O2/c26-21-11-6-12-22(27)20(21)17-29-15-7-8-18(16-29)25(30)28-23-13-4-5-14-24(23)31-19-9-2-1-3-10-19/h1-6,9-14,18H,7-8,15-17H2,(H,28,30). The Morgan fingerprint density at radius 3 is 2.45 bits per heavy atom. The molecule has 1 fully saturated rings. The third-order valence-corrected chi connectivity index (χ3v) is 6.14. The quantitative estimate of drug-likeness (QED) is 0.453. The van der Waals surface area contributed by atoms with Gasteiger partial charge in [-0.2, -0.15) is 0 Å². The zero-order chi connectivity index (χ0) is 21.6. The van der Waals surface area contributed by atoms with Crippen molar-refractivity contribution in [3.63, 3.8) is 0 Å². The van der Waals surface area contributed by atoms with Gasteiger partial charge in [-0.1, -0.05) is 59.6 Å². The number of hydrogen-bond donors (Lipinski definition) is 1. The topological polar surface area (TPSA) is 41.6 Å². The number of amides is 1. The van der Waals surface area contributed by atoms with E-state index in [9.17, 15) is 4.79 Å². The highest BCUT2D eigenvalue weighted by atomic mass is 35.5. The molecule has 1 N–H and O–H groups in total. The van der Waals surface area contributed by atoms with Gasteiger partial charge in [-0.05, 0) is 55.8 Å². The fraction of sp³-hybridized carbons (Fsp3) is 0.240. The van der Waals surface area contributed by atoms with Gasteiger partial charge < -0.3 is 10.1 Å². The first-order valence-corrected chi connectivity index (χ1v) is 11.1. The molecular weight excluding hydrogens is 431 g/mol. The Morgan fingerprint density at radius 2 is 1.68 bits per heavy atom. The monoisotopic (exact) mass is 454 g/mol. The molecule has 1 heterocycles. The highest BCUT2D eigenvalue weighted by molar-refractivity contribution is 6.35. The van der Waals surface area contributed by atoms with Gasteiger partial charge in [0, 0.05) is 28.7 Å². The van der Waals surface area contributed by atoms with Gasteiger partial charge in [-0.3, -0.25) is 9.69 Å². The maximum Gasteiger partial charge on any atom is 0.228 e. The summed E-state index contributed by atoms with van der Waals surface area (Å²) in [5.74, 6) is 1.24. The number of halogens is 2. The van der Waals surface area contributed by atoms with Crippen molar-refractivity contribution < 1.29 is 9.53 Å². The molecule has 31 heavy (non-hydrogen) atoms. The van der Waals surface area contributed by atoms with Crippen LogP contribution in [0.4, 0.5) is 5.69 Å². The number of carbonyl (C=O) groups is 1. The highest BCUT2D eigenvalue weighted by Crippen LogP contribution is 2.31. The lowest BCUT2D eigenvalue weighted by molar-refractivity contribution is -0.121. The molecule has 0 radical (unpaired) electrons. The van der Waals surface area contributed by atoms with Crippen LogP contribution in [0.2, 0.25) is 10.0 Å². The number of likely N-dealkylation sites (tertiary alicyclic amines) is 1. The molecule has 1 unspecified atom stereocenters. The maximum absolute atomic E-state index is 13.1. The Balaban J connectivity index is 1.42. The molecular formula is C25H24Cl2N2O2. The second-order valence-electron chi connectivity index (χ2n) is 7.68. The molecule has 1 aliphatic heterocycles. The Morgan fingerprint density at radius 1 is 0.968 bits per heavy atom. The van der Waals surface area contributed by atoms with Gasteiger partial charge in [-0.25, -0.2) is 0 Å². The minimum Gasteiger partial charge on any atom is -0.455 e. The SMILES string of the molecule is O=C(Nc1ccccc1Oc1ccccc1)C1CCCN(Cc2c(Cl)cccc2Cl)C1. The molecule has 0 aliphatic carbocycles. The predicted molar refractivity (Wildman–Crippen MR) is 126 cm³/mol. The largest absolute Gasteiger partial charge is 0.455 e. The Hall–Kier alpha value is -2.53. The lowest BCUT2D eigenvalue weighted by atomic mass is 9.96. The third-order valence-electron chi connectivity index (χ3n) is 5.44. The number of benzene rings is 3. The van der Waals surface area contributed by atoms with E-state index in [0.29, 0.717) is 34.6 Å². The summed E-state index contributed by atoms with van der Waals surface area (Å²) in [5.41, 5.74) is 1.58. The van der Waals surface area contributed by atoms with Gasteiger partial charge in [0.25, 0.3) is 0 Å². The maximum atomic E-state index is 13.1. The second kappa shape index (κ2) is 10.2. The highest BCUT2D eigenvalue weighted by Gasteiger charge is 2.27. The number of rotatable bonds is 6. The van der Waals surface area contributed by atoms with Crippen LogP contribution in [0.5, 0.6) is 11.5 Å². The molecule has 3 aromatic rings. The molecule has 0 saturated carbocycles. The summed E-state index contributed by atoms with van der Waals surface area (Å²) < 4.78 is 5.97. The average molecular weight is 455 g/mol. The van der Waals surface area contributed by atoms with Crippen LogP contribution >= 0.6 is 23.2 Å². The summed E-state index contributed by atoms with van der Waals surface area (Å²) in [6, 6.07) is 22.6. The smallest absolute Gasteiger partial charge is 0.228 e. The van der Waals surface area contributed by atoms with Crippen LogP contribution in [-0.2, 0) is 11.3 Å². The van der Waals surface area contributed by atoms with E-state index in [-0.39, 0.29) is 11.8 Å². The number of para-hydroxylation sites is 3. The van der Waals surface area contributed by atoms with E-state index in [1.807, 2.05) is 72.8 Å². The summed E-state index contributed by atoms with van der Waals surface area (Å²) in [7, 11) is 0. The lowest BCUT2D eigenvalue weighted by Gasteiger charge is -2.32. The molecule has 1 saturated heterocycles. The zero-order valence-electron chi connectivity index (χ0n) is 17.1. The van der Waals surface area contributed by atoms with Crippen molar-refractivity contribution in [2.75, 3.05) is 18.4 Å². The van der Waals surface area contributed by atoms with E-state index in [1.165, 1.54) is 0 Å². The average Bonchev–Trinajstić information content (AvgIpc) is 2.79. The van der Waals surface area contributed by atoms with E-state index in [1.54, 1.807) is 0 Å². The van der Waals surface area contributed by atoms with E-state index in [0.717, 1.165) is 30.7 Å². The van der Waals surface area contributed by atoms with Crippen molar-refractivity contribution in [3.05, 3.63) is 88.4 Å². The van der Waals surface area contributed by atoms with Crippen molar-refractivity contribution in [3.8, 4) is 11.5 Å². The van der Waals surface area contributed by atoms with Crippen molar-refractivity contribution in [2.45, 2.75) is 19.4 Å². The Labute approximate surface area is 192 Å². The normalized spacial score (nSPS) is 16.6. The van der Waals surface area contributed by atoms with Crippen LogP contribution in [0.25, 0.3) is 0 Å². The summed E-state index contributed by atoms with van der Waals surface area (Å²) in [6.07, 6.45) is 1.79. The fourth-order valence-corrected chi connectivity index (χ4v) is 4.35. The van der Waals surface area contributed by atoms with Gasteiger partial charge in [0.15, 0.2) is 5.75 Å². The third kappa shape index (κ3) is 5.59. The molecule has 160 valence electrons. The van der Waals surface area contributed by atoms with E-state index in [2.05, 4.69) is 10.2 Å². The van der Waals surface area contributed by atoms with Gasteiger partial charge in [0.05, 0.1) is 11.6 Å². The predicted octanol–water partition coefficient (Wildman–Crippen LogP) is 6.64. The van der Waals surface area contributed by atoms with Crippen LogP contribution in [0.1, 0.15) is 18.4 Å². The molecule has 1 amide bonds. The summed E-state index contributed by atoms with van der Waals surface area (Å²) in [5, 5.41) is 4.38. The molecule has 0 aromatic heterocycles. The molecule has 4 nitrogen and oxygen atoms in total. The molecule has 1 atom stereocenters. The number of piperidine rings is 1. The lowest BCUT2D eigenvalue weighted by Crippen LogP contribution is -2.40. The number of ether oxygens (including phenoxy) is 1. The van der Waals surface area contributed by atoms with E-state index < -0.39 is 0 Å². The van der Waals surface area contributed by atoms with E-state index >= 15 is 0 Å². The minimum atomic E-state index is -0.111. The van der Waals surface area contributed by atoms with Crippen molar-refractivity contribution >= 4 is 34.8 Å². The van der Waals surface area contributed by atoms with Gasteiger partial charge in [0.2, 0.25) is 5.91 Å². The fourth-order valence-electron chi connectivity index (χ4n) is 3.83. The summed E-state index contributed by atoms with van der Waals surface area (Å²) in [4.78, 5) is 15.3. The zero-order valence-corrected chi connectivity index (χ0v) is 18.6. The Bertz CT molecular complexity index is 1020.